The molecule has 0 aromatic heterocycles. The molecule has 0 spiro atoms. The molecule has 0 aliphatic carbocycles. The zero-order valence-corrected chi connectivity index (χ0v) is 17.8. The molecule has 1 aromatic rings. The lowest BCUT2D eigenvalue weighted by atomic mass is 9.91. The SMILES string of the molecule is COc1ccc(S(=O)(=O)N2CCCCCC2)cc1C(=O)OCC(=O)C(C)(C)C. The van der Waals surface area contributed by atoms with Gasteiger partial charge in [-0.3, -0.25) is 4.79 Å². The Morgan fingerprint density at radius 2 is 1.68 bits per heavy atom. The van der Waals surface area contributed by atoms with Crippen LogP contribution in [0.25, 0.3) is 0 Å². The maximum absolute atomic E-state index is 13.0. The molecule has 0 atom stereocenters. The summed E-state index contributed by atoms with van der Waals surface area (Å²) in [5.41, 5.74) is -0.650. The number of methoxy groups -OCH3 is 1. The van der Waals surface area contributed by atoms with Gasteiger partial charge in [0.2, 0.25) is 10.0 Å². The summed E-state index contributed by atoms with van der Waals surface area (Å²) in [6.07, 6.45) is 3.65. The van der Waals surface area contributed by atoms with Crippen LogP contribution in [0.5, 0.6) is 5.75 Å². The van der Waals surface area contributed by atoms with Crippen LogP contribution in [0.2, 0.25) is 0 Å². The average Bonchev–Trinajstić information content (AvgIpc) is 2.94. The van der Waals surface area contributed by atoms with Crippen molar-refractivity contribution < 1.29 is 27.5 Å². The Labute approximate surface area is 167 Å². The van der Waals surface area contributed by atoms with E-state index in [0.717, 1.165) is 25.7 Å². The molecule has 1 saturated heterocycles. The Morgan fingerprint density at radius 3 is 2.21 bits per heavy atom. The number of ether oxygens (including phenoxy) is 2. The van der Waals surface area contributed by atoms with Crippen LogP contribution in [0.4, 0.5) is 0 Å². The molecule has 1 aliphatic heterocycles. The molecule has 0 amide bonds. The third kappa shape index (κ3) is 5.32. The Morgan fingerprint density at radius 1 is 1.07 bits per heavy atom. The zero-order valence-electron chi connectivity index (χ0n) is 17.0. The minimum absolute atomic E-state index is 0.0138. The third-order valence-electron chi connectivity index (χ3n) is 4.76. The number of benzene rings is 1. The summed E-state index contributed by atoms with van der Waals surface area (Å²) in [6, 6.07) is 4.13. The standard InChI is InChI=1S/C20H29NO6S/c1-20(2,3)18(22)14-27-19(23)16-13-15(9-10-17(16)26-4)28(24,25)21-11-7-5-6-8-12-21/h9-10,13H,5-8,11-12,14H2,1-4H3. The Balaban J connectivity index is 2.27. The normalized spacial score (nSPS) is 16.3. The number of rotatable bonds is 6. The van der Waals surface area contributed by atoms with Crippen molar-refractivity contribution in [2.45, 2.75) is 51.3 Å². The lowest BCUT2D eigenvalue weighted by molar-refractivity contribution is -0.129. The van der Waals surface area contributed by atoms with E-state index in [1.165, 1.54) is 29.6 Å². The topological polar surface area (TPSA) is 90.0 Å². The molecule has 0 bridgehead atoms. The Hall–Kier alpha value is -1.93. The maximum Gasteiger partial charge on any atom is 0.342 e. The van der Waals surface area contributed by atoms with Crippen molar-refractivity contribution >= 4 is 21.8 Å². The molecule has 1 aliphatic rings. The predicted octanol–water partition coefficient (Wildman–Crippen LogP) is 3.03. The molecule has 8 heteroatoms. The van der Waals surface area contributed by atoms with E-state index in [1.54, 1.807) is 20.8 Å². The van der Waals surface area contributed by atoms with Crippen LogP contribution >= 0.6 is 0 Å². The van der Waals surface area contributed by atoms with Gasteiger partial charge in [-0.15, -0.1) is 0 Å². The van der Waals surface area contributed by atoms with E-state index in [4.69, 9.17) is 9.47 Å². The molecule has 2 rings (SSSR count). The summed E-state index contributed by atoms with van der Waals surface area (Å²) in [4.78, 5) is 24.5. The second-order valence-electron chi connectivity index (χ2n) is 7.93. The summed E-state index contributed by atoms with van der Waals surface area (Å²) in [6.45, 7) is 5.76. The highest BCUT2D eigenvalue weighted by atomic mass is 32.2. The van der Waals surface area contributed by atoms with Gasteiger partial charge in [-0.2, -0.15) is 4.31 Å². The largest absolute Gasteiger partial charge is 0.496 e. The van der Waals surface area contributed by atoms with Gasteiger partial charge >= 0.3 is 5.97 Å². The van der Waals surface area contributed by atoms with E-state index in [9.17, 15) is 18.0 Å². The minimum Gasteiger partial charge on any atom is -0.496 e. The molecule has 7 nitrogen and oxygen atoms in total. The second-order valence-corrected chi connectivity index (χ2v) is 9.87. The number of carbonyl (C=O) groups is 2. The number of nitrogens with zero attached hydrogens (tertiary/aromatic N) is 1. The monoisotopic (exact) mass is 411 g/mol. The van der Waals surface area contributed by atoms with Gasteiger partial charge in [0.1, 0.15) is 11.3 Å². The van der Waals surface area contributed by atoms with Crippen molar-refractivity contribution in [1.29, 1.82) is 0 Å². The van der Waals surface area contributed by atoms with Crippen molar-refractivity contribution in [1.82, 2.24) is 4.31 Å². The average molecular weight is 412 g/mol. The van der Waals surface area contributed by atoms with E-state index < -0.39 is 21.4 Å². The minimum atomic E-state index is -3.72. The molecular formula is C20H29NO6S. The fourth-order valence-electron chi connectivity index (χ4n) is 2.86. The van der Waals surface area contributed by atoms with Crippen molar-refractivity contribution in [3.63, 3.8) is 0 Å². The van der Waals surface area contributed by atoms with Crippen molar-refractivity contribution in [2.24, 2.45) is 5.41 Å². The van der Waals surface area contributed by atoms with Crippen LogP contribution in [0.3, 0.4) is 0 Å². The molecule has 28 heavy (non-hydrogen) atoms. The summed E-state index contributed by atoms with van der Waals surface area (Å²) in [7, 11) is -2.33. The Bertz CT molecular complexity index is 818. The smallest absolute Gasteiger partial charge is 0.342 e. The number of hydrogen-bond acceptors (Lipinski definition) is 6. The van der Waals surface area contributed by atoms with E-state index >= 15 is 0 Å². The number of esters is 1. The molecule has 1 fully saturated rings. The van der Waals surface area contributed by atoms with Crippen LogP contribution in [0.15, 0.2) is 23.1 Å². The van der Waals surface area contributed by atoms with Gasteiger partial charge in [0.05, 0.1) is 12.0 Å². The number of sulfonamides is 1. The van der Waals surface area contributed by atoms with Crippen LogP contribution in [-0.2, 0) is 19.6 Å². The first-order valence-electron chi connectivity index (χ1n) is 9.46. The van der Waals surface area contributed by atoms with E-state index in [-0.39, 0.29) is 28.6 Å². The number of carbonyl (C=O) groups excluding carboxylic acids is 2. The first kappa shape index (κ1) is 22.4. The first-order valence-corrected chi connectivity index (χ1v) is 10.9. The lowest BCUT2D eigenvalue weighted by Gasteiger charge is -2.21. The molecule has 156 valence electrons. The van der Waals surface area contributed by atoms with E-state index in [0.29, 0.717) is 13.1 Å². The number of hydrogen-bond donors (Lipinski definition) is 0. The first-order chi connectivity index (χ1) is 13.1. The predicted molar refractivity (Wildman–Crippen MR) is 105 cm³/mol. The van der Waals surface area contributed by atoms with Crippen LogP contribution in [0, 0.1) is 5.41 Å². The molecule has 0 N–H and O–H groups in total. The fourth-order valence-corrected chi connectivity index (χ4v) is 4.41. The second kappa shape index (κ2) is 9.05. The Kier molecular flexibility index (Phi) is 7.22. The quantitative estimate of drug-likeness (QED) is 0.669. The van der Waals surface area contributed by atoms with Gasteiger partial charge in [0, 0.05) is 18.5 Å². The lowest BCUT2D eigenvalue weighted by Crippen LogP contribution is -2.32. The van der Waals surface area contributed by atoms with E-state index in [1.807, 2.05) is 0 Å². The van der Waals surface area contributed by atoms with Gasteiger partial charge in [-0.05, 0) is 31.0 Å². The van der Waals surface area contributed by atoms with Crippen molar-refractivity contribution in [3.05, 3.63) is 23.8 Å². The van der Waals surface area contributed by atoms with Crippen molar-refractivity contribution in [3.8, 4) is 5.75 Å². The molecule has 0 unspecified atom stereocenters. The third-order valence-corrected chi connectivity index (χ3v) is 6.66. The zero-order chi connectivity index (χ0) is 20.9. The maximum atomic E-state index is 13.0. The highest BCUT2D eigenvalue weighted by molar-refractivity contribution is 7.89. The summed E-state index contributed by atoms with van der Waals surface area (Å²) >= 11 is 0. The summed E-state index contributed by atoms with van der Waals surface area (Å²) < 4.78 is 37.7. The highest BCUT2D eigenvalue weighted by Gasteiger charge is 2.28. The number of ketones is 1. The van der Waals surface area contributed by atoms with Crippen LogP contribution in [-0.4, -0.2) is 51.3 Å². The fraction of sp³-hybridized carbons (Fsp3) is 0.600. The van der Waals surface area contributed by atoms with Gasteiger partial charge in [0.25, 0.3) is 0 Å². The number of Topliss-reactive ketones (excluding diaryl/α,β-unsaturated/α-hetero) is 1. The summed E-state index contributed by atoms with van der Waals surface area (Å²) in [5.74, 6) is -0.821. The van der Waals surface area contributed by atoms with Crippen LogP contribution in [0.1, 0.15) is 56.8 Å². The van der Waals surface area contributed by atoms with Crippen LogP contribution < -0.4 is 4.74 Å². The molecule has 1 aromatic carbocycles. The van der Waals surface area contributed by atoms with E-state index in [2.05, 4.69) is 0 Å². The van der Waals surface area contributed by atoms with Gasteiger partial charge in [0.15, 0.2) is 12.4 Å². The molecular weight excluding hydrogens is 382 g/mol. The van der Waals surface area contributed by atoms with Gasteiger partial charge in [-0.1, -0.05) is 33.6 Å². The van der Waals surface area contributed by atoms with Gasteiger partial charge < -0.3 is 9.47 Å². The van der Waals surface area contributed by atoms with Gasteiger partial charge in [-0.25, -0.2) is 13.2 Å². The van der Waals surface area contributed by atoms with Crippen molar-refractivity contribution in [2.75, 3.05) is 26.8 Å². The molecule has 0 radical (unpaired) electrons. The molecule has 1 heterocycles. The summed E-state index contributed by atoms with van der Waals surface area (Å²) in [5, 5.41) is 0. The molecule has 0 saturated carbocycles. The highest BCUT2D eigenvalue weighted by Crippen LogP contribution is 2.27.